The lowest BCUT2D eigenvalue weighted by atomic mass is 9.70. The van der Waals surface area contributed by atoms with Gasteiger partial charge in [0.25, 0.3) is 0 Å². The van der Waals surface area contributed by atoms with Gasteiger partial charge in [0.15, 0.2) is 0 Å². The lowest BCUT2D eigenvalue weighted by Gasteiger charge is -2.12. The van der Waals surface area contributed by atoms with Crippen LogP contribution in [0.1, 0.15) is 12.5 Å². The zero-order valence-electron chi connectivity index (χ0n) is 10.2. The summed E-state index contributed by atoms with van der Waals surface area (Å²) >= 11 is 0. The first-order valence-electron chi connectivity index (χ1n) is 5.73. The van der Waals surface area contributed by atoms with Crippen LogP contribution in [0.2, 0.25) is 5.31 Å². The zero-order valence-corrected chi connectivity index (χ0v) is 10.2. The molecule has 78 valence electrons. The Hall–Kier alpha value is -1.43. The molecular formula is C14H16B2. The Balaban J connectivity index is 2.37. The summed E-state index contributed by atoms with van der Waals surface area (Å²) in [5.74, 6) is 0. The van der Waals surface area contributed by atoms with Gasteiger partial charge in [0, 0.05) is 0 Å². The fourth-order valence-corrected chi connectivity index (χ4v) is 1.83. The number of allylic oxidation sites excluding steroid dienone is 6. The maximum atomic E-state index is 2.25. The predicted octanol–water partition coefficient (Wildman–Crippen LogP) is 1.27. The van der Waals surface area contributed by atoms with Crippen molar-refractivity contribution in [2.24, 2.45) is 0 Å². The third kappa shape index (κ3) is 2.57. The molecule has 0 aliphatic heterocycles. The minimum Gasteiger partial charge on any atom is -0.0884 e. The van der Waals surface area contributed by atoms with Gasteiger partial charge in [-0.3, -0.25) is 0 Å². The number of hydrogen-bond donors (Lipinski definition) is 0. The summed E-state index contributed by atoms with van der Waals surface area (Å²) in [6.07, 6.45) is 11.0. The van der Waals surface area contributed by atoms with Crippen LogP contribution in [-0.2, 0) is 0 Å². The molecule has 1 aliphatic rings. The van der Waals surface area contributed by atoms with Crippen LogP contribution >= 0.6 is 0 Å². The fourth-order valence-electron chi connectivity index (χ4n) is 1.83. The second-order valence-electron chi connectivity index (χ2n) is 5.01. The topological polar surface area (TPSA) is 0 Å². The van der Waals surface area contributed by atoms with Crippen LogP contribution in [0.25, 0.3) is 5.57 Å². The van der Waals surface area contributed by atoms with Crippen LogP contribution in [0.4, 0.5) is 0 Å². The van der Waals surface area contributed by atoms with E-state index in [2.05, 4.69) is 77.3 Å². The van der Waals surface area contributed by atoms with Crippen molar-refractivity contribution in [1.82, 2.24) is 0 Å². The van der Waals surface area contributed by atoms with E-state index in [1.54, 1.807) is 0 Å². The van der Waals surface area contributed by atoms with Gasteiger partial charge in [-0.1, -0.05) is 67.0 Å². The molecule has 1 unspecified atom stereocenters. The highest BCUT2D eigenvalue weighted by atomic mass is 14.1. The van der Waals surface area contributed by atoms with E-state index >= 15 is 0 Å². The summed E-state index contributed by atoms with van der Waals surface area (Å²) in [5, 5.41) is 0.155. The van der Waals surface area contributed by atoms with Crippen molar-refractivity contribution in [3.63, 3.8) is 0 Å². The van der Waals surface area contributed by atoms with Gasteiger partial charge in [0.2, 0.25) is 0 Å². The normalized spacial score (nSPS) is 23.9. The van der Waals surface area contributed by atoms with Gasteiger partial charge in [-0.15, -0.1) is 0 Å². The maximum absolute atomic E-state index is 2.25. The molecule has 0 saturated heterocycles. The molecule has 0 aromatic heterocycles. The highest BCUT2D eigenvalue weighted by molar-refractivity contribution is 6.32. The van der Waals surface area contributed by atoms with Crippen LogP contribution in [0.5, 0.6) is 0 Å². The van der Waals surface area contributed by atoms with Gasteiger partial charge in [0.05, 0.1) is 0 Å². The third-order valence-electron chi connectivity index (χ3n) is 2.85. The molecule has 1 aromatic rings. The highest BCUT2D eigenvalue weighted by Gasteiger charge is 2.11. The molecular weight excluding hydrogens is 190 g/mol. The molecule has 1 aromatic carbocycles. The summed E-state index contributed by atoms with van der Waals surface area (Å²) in [6, 6.07) is 8.63. The van der Waals surface area contributed by atoms with Crippen molar-refractivity contribution in [2.45, 2.75) is 12.2 Å². The lowest BCUT2D eigenvalue weighted by molar-refractivity contribution is 0.971. The number of rotatable bonds is 1. The SMILES string of the molecule is Bc1cccc(C2=CC=CC(B)(C)C=C2)c1. The van der Waals surface area contributed by atoms with Crippen molar-refractivity contribution in [3.8, 4) is 0 Å². The molecule has 2 rings (SSSR count). The average molecular weight is 206 g/mol. The summed E-state index contributed by atoms with van der Waals surface area (Å²) < 4.78 is 0. The van der Waals surface area contributed by atoms with E-state index in [0.717, 1.165) is 0 Å². The van der Waals surface area contributed by atoms with Crippen molar-refractivity contribution < 1.29 is 0 Å². The van der Waals surface area contributed by atoms with Crippen LogP contribution in [0.15, 0.2) is 54.6 Å². The van der Waals surface area contributed by atoms with Crippen molar-refractivity contribution in [3.05, 3.63) is 60.2 Å². The van der Waals surface area contributed by atoms with E-state index < -0.39 is 0 Å². The zero-order chi connectivity index (χ0) is 11.6. The van der Waals surface area contributed by atoms with Crippen molar-refractivity contribution in [2.75, 3.05) is 0 Å². The van der Waals surface area contributed by atoms with Crippen LogP contribution in [0.3, 0.4) is 0 Å². The minimum atomic E-state index is 0.155. The Morgan fingerprint density at radius 2 is 2.00 bits per heavy atom. The molecule has 0 fully saturated rings. The predicted molar refractivity (Wildman–Crippen MR) is 77.8 cm³/mol. The molecule has 1 atom stereocenters. The first-order chi connectivity index (χ1) is 7.57. The van der Waals surface area contributed by atoms with E-state index in [1.165, 1.54) is 16.6 Å². The summed E-state index contributed by atoms with van der Waals surface area (Å²) in [4.78, 5) is 0. The smallest absolute Gasteiger partial charge is 0.0884 e. The van der Waals surface area contributed by atoms with Gasteiger partial charge in [-0.05, 0) is 16.5 Å². The second kappa shape index (κ2) is 4.21. The Morgan fingerprint density at radius 3 is 2.75 bits per heavy atom. The second-order valence-corrected chi connectivity index (χ2v) is 5.01. The first-order valence-corrected chi connectivity index (χ1v) is 5.73. The maximum Gasteiger partial charge on any atom is 0.139 e. The van der Waals surface area contributed by atoms with Gasteiger partial charge in [-0.2, -0.15) is 0 Å². The molecule has 0 amide bonds. The number of benzene rings is 1. The van der Waals surface area contributed by atoms with E-state index in [1.807, 2.05) is 0 Å². The fraction of sp³-hybridized carbons (Fsp3) is 0.143. The molecule has 0 spiro atoms. The van der Waals surface area contributed by atoms with Gasteiger partial charge < -0.3 is 0 Å². The van der Waals surface area contributed by atoms with Crippen LogP contribution in [-0.4, -0.2) is 15.7 Å². The molecule has 0 saturated carbocycles. The van der Waals surface area contributed by atoms with Crippen LogP contribution in [0, 0.1) is 0 Å². The van der Waals surface area contributed by atoms with E-state index in [4.69, 9.17) is 0 Å². The summed E-state index contributed by atoms with van der Waals surface area (Å²) in [6.45, 7) is 2.22. The molecule has 0 heterocycles. The van der Waals surface area contributed by atoms with Crippen LogP contribution < -0.4 is 5.46 Å². The van der Waals surface area contributed by atoms with Gasteiger partial charge >= 0.3 is 0 Å². The van der Waals surface area contributed by atoms with Gasteiger partial charge in [0.1, 0.15) is 15.7 Å². The molecule has 0 bridgehead atoms. The summed E-state index contributed by atoms with van der Waals surface area (Å²) in [7, 11) is 4.34. The van der Waals surface area contributed by atoms with Crippen molar-refractivity contribution in [1.29, 1.82) is 0 Å². The first kappa shape index (κ1) is 11.1. The Labute approximate surface area is 99.6 Å². The molecule has 1 aliphatic carbocycles. The molecule has 0 nitrogen and oxygen atoms in total. The molecule has 0 radical (unpaired) electrons. The lowest BCUT2D eigenvalue weighted by Crippen LogP contribution is -2.01. The summed E-state index contributed by atoms with van der Waals surface area (Å²) in [5.41, 5.74) is 3.88. The Kier molecular flexibility index (Phi) is 2.91. The van der Waals surface area contributed by atoms with E-state index in [-0.39, 0.29) is 5.31 Å². The van der Waals surface area contributed by atoms with Gasteiger partial charge in [-0.25, -0.2) is 0 Å². The highest BCUT2D eigenvalue weighted by Crippen LogP contribution is 2.29. The molecule has 0 N–H and O–H groups in total. The monoisotopic (exact) mass is 206 g/mol. The minimum absolute atomic E-state index is 0.155. The molecule has 2 heteroatoms. The average Bonchev–Trinajstić information content (AvgIpc) is 2.39. The third-order valence-corrected chi connectivity index (χ3v) is 2.85. The van der Waals surface area contributed by atoms with E-state index in [9.17, 15) is 0 Å². The largest absolute Gasteiger partial charge is 0.139 e. The Bertz CT molecular complexity index is 479. The Morgan fingerprint density at radius 1 is 1.19 bits per heavy atom. The standard InChI is InChI=1S/C14H16B2/c1-14(16)8-3-5-11(7-9-14)12-4-2-6-13(15)10-12/h2-10H,15-16H2,1H3. The quantitative estimate of drug-likeness (QED) is 0.606. The van der Waals surface area contributed by atoms with E-state index in [0.29, 0.717) is 0 Å². The number of hydrogen-bond acceptors (Lipinski definition) is 0. The molecule has 16 heavy (non-hydrogen) atoms. The van der Waals surface area contributed by atoms with Crippen molar-refractivity contribution >= 4 is 26.7 Å².